The summed E-state index contributed by atoms with van der Waals surface area (Å²) in [6.07, 6.45) is 1.25. The molecule has 3 aromatic rings. The van der Waals surface area contributed by atoms with E-state index in [1.165, 1.54) is 41.0 Å². The highest BCUT2D eigenvalue weighted by molar-refractivity contribution is 5.95. The normalized spacial score (nSPS) is 13.8. The number of pyridine rings is 1. The van der Waals surface area contributed by atoms with Gasteiger partial charge in [-0.05, 0) is 42.0 Å². The van der Waals surface area contributed by atoms with Gasteiger partial charge in [-0.1, -0.05) is 18.7 Å². The third-order valence-electron chi connectivity index (χ3n) is 5.65. The van der Waals surface area contributed by atoms with Crippen LogP contribution in [0.1, 0.15) is 11.1 Å². The smallest absolute Gasteiger partial charge is 0.271 e. The zero-order chi connectivity index (χ0) is 22.8. The Morgan fingerprint density at radius 1 is 1.06 bits per heavy atom. The fraction of sp³-hybridized carbons (Fsp3) is 0.208. The van der Waals surface area contributed by atoms with E-state index in [9.17, 15) is 23.6 Å². The van der Waals surface area contributed by atoms with Gasteiger partial charge in [0.05, 0.1) is 17.7 Å². The van der Waals surface area contributed by atoms with Gasteiger partial charge in [0.2, 0.25) is 5.91 Å². The molecule has 2 heterocycles. The van der Waals surface area contributed by atoms with Crippen molar-refractivity contribution in [2.45, 2.75) is 6.54 Å². The number of fused-ring (bicyclic) bond motifs is 1. The summed E-state index contributed by atoms with van der Waals surface area (Å²) in [6, 6.07) is 11.8. The van der Waals surface area contributed by atoms with Gasteiger partial charge in [-0.2, -0.15) is 5.26 Å². The maximum atomic E-state index is 14.2. The first-order valence-corrected chi connectivity index (χ1v) is 10.1. The van der Waals surface area contributed by atoms with Crippen molar-refractivity contribution in [3.05, 3.63) is 88.2 Å². The van der Waals surface area contributed by atoms with Crippen LogP contribution in [0.3, 0.4) is 0 Å². The summed E-state index contributed by atoms with van der Waals surface area (Å²) in [5, 5.41) is 10.3. The fourth-order valence-electron chi connectivity index (χ4n) is 4.05. The zero-order valence-corrected chi connectivity index (χ0v) is 17.2. The second-order valence-electron chi connectivity index (χ2n) is 7.53. The molecular weight excluding hydrogens is 414 g/mol. The largest absolute Gasteiger partial charge is 0.366 e. The van der Waals surface area contributed by atoms with E-state index in [1.54, 1.807) is 17.0 Å². The van der Waals surface area contributed by atoms with Crippen LogP contribution in [-0.2, 0) is 11.3 Å². The molecule has 0 N–H and O–H groups in total. The van der Waals surface area contributed by atoms with Crippen LogP contribution in [0.5, 0.6) is 0 Å². The number of carbonyl (C=O) groups is 1. The highest BCUT2D eigenvalue weighted by Gasteiger charge is 2.26. The van der Waals surface area contributed by atoms with Crippen LogP contribution in [0.25, 0.3) is 10.9 Å². The van der Waals surface area contributed by atoms with Crippen molar-refractivity contribution in [1.29, 1.82) is 5.26 Å². The quantitative estimate of drug-likeness (QED) is 0.592. The number of hydrogen-bond donors (Lipinski definition) is 0. The van der Waals surface area contributed by atoms with Crippen molar-refractivity contribution in [2.24, 2.45) is 0 Å². The summed E-state index contributed by atoms with van der Waals surface area (Å²) in [5.74, 6) is -1.07. The number of benzene rings is 2. The molecule has 32 heavy (non-hydrogen) atoms. The first-order chi connectivity index (χ1) is 15.4. The van der Waals surface area contributed by atoms with Crippen molar-refractivity contribution in [3.63, 3.8) is 0 Å². The number of piperazine rings is 1. The van der Waals surface area contributed by atoms with Crippen molar-refractivity contribution in [1.82, 2.24) is 9.47 Å². The minimum absolute atomic E-state index is 0.0892. The van der Waals surface area contributed by atoms with Gasteiger partial charge in [0, 0.05) is 31.6 Å². The lowest BCUT2D eigenvalue weighted by molar-refractivity contribution is -0.126. The molecule has 0 saturated carbocycles. The number of anilines is 1. The number of carbonyl (C=O) groups excluding carboxylic acids is 1. The Hall–Kier alpha value is -3.99. The van der Waals surface area contributed by atoms with Crippen LogP contribution in [0.15, 0.2) is 59.9 Å². The first kappa shape index (κ1) is 21.2. The molecule has 1 aromatic heterocycles. The van der Waals surface area contributed by atoms with E-state index in [1.807, 2.05) is 11.0 Å². The summed E-state index contributed by atoms with van der Waals surface area (Å²) < 4.78 is 28.9. The Labute approximate surface area is 183 Å². The molecule has 0 bridgehead atoms. The molecule has 1 fully saturated rings. The van der Waals surface area contributed by atoms with Crippen molar-refractivity contribution < 1.29 is 13.6 Å². The second kappa shape index (κ2) is 8.63. The second-order valence-corrected chi connectivity index (χ2v) is 7.53. The molecule has 0 unspecified atom stereocenters. The highest BCUT2D eigenvalue weighted by atomic mass is 19.1. The Balaban J connectivity index is 1.84. The minimum atomic E-state index is -0.504. The van der Waals surface area contributed by atoms with Gasteiger partial charge in [0.15, 0.2) is 0 Å². The number of amides is 1. The Bertz CT molecular complexity index is 1300. The monoisotopic (exact) mass is 434 g/mol. The molecule has 162 valence electrons. The first-order valence-electron chi connectivity index (χ1n) is 10.1. The Morgan fingerprint density at radius 2 is 1.72 bits per heavy atom. The fourth-order valence-corrected chi connectivity index (χ4v) is 4.05. The molecule has 1 saturated heterocycles. The summed E-state index contributed by atoms with van der Waals surface area (Å²) in [5.41, 5.74) is 0.920. The number of aromatic nitrogens is 1. The van der Waals surface area contributed by atoms with E-state index < -0.39 is 17.2 Å². The number of nitriles is 1. The summed E-state index contributed by atoms with van der Waals surface area (Å²) in [4.78, 5) is 28.7. The van der Waals surface area contributed by atoms with E-state index >= 15 is 0 Å². The van der Waals surface area contributed by atoms with E-state index in [4.69, 9.17) is 0 Å². The Kier molecular flexibility index (Phi) is 5.73. The summed E-state index contributed by atoms with van der Waals surface area (Å²) in [6.45, 7) is 5.17. The molecule has 6 nitrogen and oxygen atoms in total. The maximum Gasteiger partial charge on any atom is 0.271 e. The lowest BCUT2D eigenvalue weighted by Gasteiger charge is -2.36. The molecule has 1 amide bonds. The van der Waals surface area contributed by atoms with Gasteiger partial charge in [0.1, 0.15) is 23.3 Å². The van der Waals surface area contributed by atoms with E-state index in [0.717, 1.165) is 0 Å². The highest BCUT2D eigenvalue weighted by Crippen LogP contribution is 2.30. The molecule has 1 aliphatic heterocycles. The van der Waals surface area contributed by atoms with Gasteiger partial charge >= 0.3 is 0 Å². The predicted octanol–water partition coefficient (Wildman–Crippen LogP) is 3.03. The summed E-state index contributed by atoms with van der Waals surface area (Å²) in [7, 11) is 0. The average molecular weight is 434 g/mol. The average Bonchev–Trinajstić information content (AvgIpc) is 2.81. The van der Waals surface area contributed by atoms with Crippen molar-refractivity contribution in [3.8, 4) is 6.07 Å². The van der Waals surface area contributed by atoms with Gasteiger partial charge in [-0.3, -0.25) is 9.59 Å². The number of halogens is 2. The zero-order valence-electron chi connectivity index (χ0n) is 17.2. The van der Waals surface area contributed by atoms with Gasteiger partial charge in [0.25, 0.3) is 5.56 Å². The molecule has 8 heteroatoms. The lowest BCUT2D eigenvalue weighted by Crippen LogP contribution is -2.49. The standard InChI is InChI=1S/C24H20F2N4O2/c1-2-22(31)28-9-11-29(12-10-28)23-19-13-18(26)7-8-21(19)30(24(32)20(23)14-27)15-16-3-5-17(25)6-4-16/h2-8,13H,1,9-12,15H2. The Morgan fingerprint density at radius 3 is 2.34 bits per heavy atom. The molecule has 0 aliphatic carbocycles. The van der Waals surface area contributed by atoms with Crippen LogP contribution in [0.2, 0.25) is 0 Å². The van der Waals surface area contributed by atoms with Crippen LogP contribution in [-0.4, -0.2) is 41.6 Å². The molecule has 2 aromatic carbocycles. The minimum Gasteiger partial charge on any atom is -0.366 e. The molecule has 0 radical (unpaired) electrons. The number of hydrogen-bond acceptors (Lipinski definition) is 4. The molecule has 1 aliphatic rings. The lowest BCUT2D eigenvalue weighted by atomic mass is 10.1. The van der Waals surface area contributed by atoms with Crippen molar-refractivity contribution in [2.75, 3.05) is 31.1 Å². The van der Waals surface area contributed by atoms with Gasteiger partial charge < -0.3 is 14.4 Å². The van der Waals surface area contributed by atoms with E-state index in [0.29, 0.717) is 48.3 Å². The van der Waals surface area contributed by atoms with E-state index in [2.05, 4.69) is 6.58 Å². The van der Waals surface area contributed by atoms with Crippen LogP contribution in [0.4, 0.5) is 14.5 Å². The molecule has 0 atom stereocenters. The van der Waals surface area contributed by atoms with Gasteiger partial charge in [-0.15, -0.1) is 0 Å². The van der Waals surface area contributed by atoms with E-state index in [-0.39, 0.29) is 18.0 Å². The third-order valence-corrected chi connectivity index (χ3v) is 5.65. The van der Waals surface area contributed by atoms with Crippen LogP contribution >= 0.6 is 0 Å². The third kappa shape index (κ3) is 3.85. The van der Waals surface area contributed by atoms with Gasteiger partial charge in [-0.25, -0.2) is 8.78 Å². The topological polar surface area (TPSA) is 69.3 Å². The van der Waals surface area contributed by atoms with Crippen LogP contribution < -0.4 is 10.5 Å². The predicted molar refractivity (Wildman–Crippen MR) is 117 cm³/mol. The SMILES string of the molecule is C=CC(=O)N1CCN(c2c(C#N)c(=O)n(Cc3ccc(F)cc3)c3ccc(F)cc23)CC1. The molecule has 4 rings (SSSR count). The van der Waals surface area contributed by atoms with Crippen molar-refractivity contribution >= 4 is 22.5 Å². The van der Waals surface area contributed by atoms with Crippen LogP contribution in [0, 0.1) is 23.0 Å². The summed E-state index contributed by atoms with van der Waals surface area (Å²) >= 11 is 0. The number of nitrogens with zero attached hydrogens (tertiary/aromatic N) is 4. The number of rotatable bonds is 4. The molecular formula is C24H20F2N4O2. The maximum absolute atomic E-state index is 14.2. The molecule has 0 spiro atoms.